The lowest BCUT2D eigenvalue weighted by atomic mass is 10.1. The first kappa shape index (κ1) is 17.6. The smallest absolute Gasteiger partial charge is 0.359 e. The lowest BCUT2D eigenvalue weighted by molar-refractivity contribution is 0.00632. The number of aromatic nitrogens is 2. The summed E-state index contributed by atoms with van der Waals surface area (Å²) in [6.45, 7) is 7.97. The molecule has 1 saturated heterocycles. The summed E-state index contributed by atoms with van der Waals surface area (Å²) in [6, 6.07) is 6.15. The topological polar surface area (TPSA) is 76.5 Å². The normalized spacial score (nSPS) is 16.4. The van der Waals surface area contributed by atoms with E-state index in [4.69, 9.17) is 4.74 Å². The number of rotatable bonds is 2. The summed E-state index contributed by atoms with van der Waals surface area (Å²) in [7, 11) is 0. The monoisotopic (exact) mass is 368 g/mol. The average molecular weight is 368 g/mol. The van der Waals surface area contributed by atoms with Gasteiger partial charge in [0.2, 0.25) is 0 Å². The number of anilines is 2. The molecule has 0 spiro atoms. The third kappa shape index (κ3) is 3.54. The molecule has 1 fully saturated rings. The molecular formula is C20H24N4O3. The van der Waals surface area contributed by atoms with Gasteiger partial charge in [0.1, 0.15) is 5.60 Å². The highest BCUT2D eigenvalue weighted by molar-refractivity contribution is 6.04. The van der Waals surface area contributed by atoms with E-state index in [0.717, 1.165) is 30.0 Å². The van der Waals surface area contributed by atoms with Crippen LogP contribution in [0.2, 0.25) is 0 Å². The molecule has 27 heavy (non-hydrogen) atoms. The van der Waals surface area contributed by atoms with Crippen LogP contribution in [0, 0.1) is 0 Å². The van der Waals surface area contributed by atoms with Crippen molar-refractivity contribution in [2.45, 2.75) is 45.8 Å². The lowest BCUT2D eigenvalue weighted by Crippen LogP contribution is -2.24. The predicted octanol–water partition coefficient (Wildman–Crippen LogP) is 3.05. The van der Waals surface area contributed by atoms with Crippen molar-refractivity contribution in [1.82, 2.24) is 9.55 Å². The van der Waals surface area contributed by atoms with Gasteiger partial charge in [-0.3, -0.25) is 4.79 Å². The van der Waals surface area contributed by atoms with Crippen LogP contribution >= 0.6 is 0 Å². The molecule has 0 saturated carbocycles. The Labute approximate surface area is 158 Å². The van der Waals surface area contributed by atoms with Crippen LogP contribution in [-0.2, 0) is 11.3 Å². The third-order valence-corrected chi connectivity index (χ3v) is 4.74. The van der Waals surface area contributed by atoms with Crippen LogP contribution in [0.5, 0.6) is 0 Å². The maximum atomic E-state index is 12.7. The van der Waals surface area contributed by atoms with E-state index in [9.17, 15) is 9.59 Å². The van der Waals surface area contributed by atoms with Gasteiger partial charge in [-0.05, 0) is 51.3 Å². The van der Waals surface area contributed by atoms with E-state index in [2.05, 4.69) is 21.3 Å². The summed E-state index contributed by atoms with van der Waals surface area (Å²) < 4.78 is 7.06. The first-order valence-electron chi connectivity index (χ1n) is 9.30. The summed E-state index contributed by atoms with van der Waals surface area (Å²) in [5, 5.41) is 2.94. The summed E-state index contributed by atoms with van der Waals surface area (Å²) >= 11 is 0. The Morgan fingerprint density at radius 2 is 1.96 bits per heavy atom. The number of fused-ring (bicyclic) bond motifs is 2. The molecule has 2 aliphatic rings. The second-order valence-electron chi connectivity index (χ2n) is 8.07. The average Bonchev–Trinajstić information content (AvgIpc) is 3.22. The second kappa shape index (κ2) is 6.40. The van der Waals surface area contributed by atoms with Crippen molar-refractivity contribution >= 4 is 23.3 Å². The van der Waals surface area contributed by atoms with E-state index in [1.54, 1.807) is 31.5 Å². The Balaban J connectivity index is 1.62. The standard InChI is InChI=1S/C20H24N4O3/c1-20(2,3)27-19(26)16-12-24-11-13-6-7-14(23-8-4-5-9-23)10-15(13)22-18(25)17(24)21-16/h6-7,10,12H,4-5,8-9,11H2,1-3H3,(H,22,25). The Kier molecular flexibility index (Phi) is 4.17. The van der Waals surface area contributed by atoms with E-state index in [1.807, 2.05) is 12.1 Å². The molecule has 1 aromatic heterocycles. The summed E-state index contributed by atoms with van der Waals surface area (Å²) in [6.07, 6.45) is 3.99. The van der Waals surface area contributed by atoms with Gasteiger partial charge in [-0.1, -0.05) is 6.07 Å². The van der Waals surface area contributed by atoms with E-state index >= 15 is 0 Å². The Hall–Kier alpha value is -2.83. The van der Waals surface area contributed by atoms with Crippen LogP contribution in [0.15, 0.2) is 24.4 Å². The molecule has 7 nitrogen and oxygen atoms in total. The van der Waals surface area contributed by atoms with E-state index in [-0.39, 0.29) is 17.4 Å². The number of ether oxygens (including phenoxy) is 1. The molecule has 1 N–H and O–H groups in total. The SMILES string of the molecule is CC(C)(C)OC(=O)c1cn2c(n1)C(=O)Nc1cc(N3CCCC3)ccc1C2. The third-order valence-electron chi connectivity index (χ3n) is 4.74. The second-order valence-corrected chi connectivity index (χ2v) is 8.07. The fraction of sp³-hybridized carbons (Fsp3) is 0.450. The van der Waals surface area contributed by atoms with Gasteiger partial charge in [-0.2, -0.15) is 0 Å². The molecule has 0 radical (unpaired) electrons. The van der Waals surface area contributed by atoms with Gasteiger partial charge >= 0.3 is 5.97 Å². The molecule has 0 unspecified atom stereocenters. The van der Waals surface area contributed by atoms with E-state index in [0.29, 0.717) is 6.54 Å². The Morgan fingerprint density at radius 3 is 2.67 bits per heavy atom. The number of carbonyl (C=O) groups excluding carboxylic acids is 2. The number of carbonyl (C=O) groups is 2. The zero-order chi connectivity index (χ0) is 19.2. The van der Waals surface area contributed by atoms with Gasteiger partial charge in [0.15, 0.2) is 11.5 Å². The van der Waals surface area contributed by atoms with Crippen molar-refractivity contribution in [3.05, 3.63) is 41.5 Å². The molecule has 4 rings (SSSR count). The summed E-state index contributed by atoms with van der Waals surface area (Å²) in [5.74, 6) is -0.627. The van der Waals surface area contributed by atoms with Crippen LogP contribution < -0.4 is 10.2 Å². The number of hydrogen-bond acceptors (Lipinski definition) is 5. The van der Waals surface area contributed by atoms with Crippen LogP contribution in [0.4, 0.5) is 11.4 Å². The molecule has 0 aliphatic carbocycles. The van der Waals surface area contributed by atoms with Crippen LogP contribution in [0.1, 0.15) is 60.3 Å². The zero-order valence-electron chi connectivity index (χ0n) is 15.9. The highest BCUT2D eigenvalue weighted by Crippen LogP contribution is 2.29. The van der Waals surface area contributed by atoms with Crippen LogP contribution in [-0.4, -0.2) is 40.1 Å². The van der Waals surface area contributed by atoms with Crippen LogP contribution in [0.3, 0.4) is 0 Å². The lowest BCUT2D eigenvalue weighted by Gasteiger charge is -2.19. The van der Waals surface area contributed by atoms with Crippen molar-refractivity contribution in [1.29, 1.82) is 0 Å². The Morgan fingerprint density at radius 1 is 1.22 bits per heavy atom. The molecule has 0 atom stereocenters. The molecule has 2 aromatic rings. The molecule has 142 valence electrons. The number of nitrogens with zero attached hydrogens (tertiary/aromatic N) is 3. The molecule has 0 bridgehead atoms. The zero-order valence-corrected chi connectivity index (χ0v) is 15.9. The van der Waals surface area contributed by atoms with Crippen molar-refractivity contribution in [3.63, 3.8) is 0 Å². The number of imidazole rings is 1. The van der Waals surface area contributed by atoms with Crippen molar-refractivity contribution in [3.8, 4) is 0 Å². The van der Waals surface area contributed by atoms with Gasteiger partial charge in [-0.15, -0.1) is 0 Å². The van der Waals surface area contributed by atoms with Gasteiger partial charge in [0, 0.05) is 30.7 Å². The number of esters is 1. The van der Waals surface area contributed by atoms with E-state index < -0.39 is 11.6 Å². The van der Waals surface area contributed by atoms with Crippen LogP contribution in [0.25, 0.3) is 0 Å². The maximum Gasteiger partial charge on any atom is 0.359 e. The highest BCUT2D eigenvalue weighted by Gasteiger charge is 2.27. The van der Waals surface area contributed by atoms with Gasteiger partial charge in [-0.25, -0.2) is 9.78 Å². The number of benzene rings is 1. The summed E-state index contributed by atoms with van der Waals surface area (Å²) in [4.78, 5) is 31.5. The molecule has 7 heteroatoms. The fourth-order valence-electron chi connectivity index (χ4n) is 3.50. The Bertz CT molecular complexity index is 904. The summed E-state index contributed by atoms with van der Waals surface area (Å²) in [5.41, 5.74) is 2.44. The van der Waals surface area contributed by atoms with Gasteiger partial charge in [0.25, 0.3) is 5.91 Å². The number of hydrogen-bond donors (Lipinski definition) is 1. The maximum absolute atomic E-state index is 12.7. The van der Waals surface area contributed by atoms with Crippen molar-refractivity contribution < 1.29 is 14.3 Å². The minimum atomic E-state index is -0.612. The van der Waals surface area contributed by atoms with Crippen molar-refractivity contribution in [2.75, 3.05) is 23.3 Å². The minimum Gasteiger partial charge on any atom is -0.455 e. The molecule has 3 heterocycles. The minimum absolute atomic E-state index is 0.146. The van der Waals surface area contributed by atoms with E-state index in [1.165, 1.54) is 12.8 Å². The highest BCUT2D eigenvalue weighted by atomic mass is 16.6. The molecular weight excluding hydrogens is 344 g/mol. The molecule has 2 aliphatic heterocycles. The van der Waals surface area contributed by atoms with Gasteiger partial charge < -0.3 is 19.5 Å². The molecule has 1 amide bonds. The first-order chi connectivity index (χ1) is 12.8. The quantitative estimate of drug-likeness (QED) is 0.825. The largest absolute Gasteiger partial charge is 0.455 e. The van der Waals surface area contributed by atoms with Crippen molar-refractivity contribution in [2.24, 2.45) is 0 Å². The predicted molar refractivity (Wildman–Crippen MR) is 102 cm³/mol. The van der Waals surface area contributed by atoms with Gasteiger partial charge in [0.05, 0.1) is 6.54 Å². The number of amides is 1. The fourth-order valence-corrected chi connectivity index (χ4v) is 3.50. The molecule has 1 aromatic carbocycles. The number of nitrogens with one attached hydrogen (secondary N) is 1. The first-order valence-corrected chi connectivity index (χ1v) is 9.30.